The summed E-state index contributed by atoms with van der Waals surface area (Å²) in [7, 11) is 1.43. The highest BCUT2D eigenvalue weighted by Gasteiger charge is 2.23. The molecule has 0 spiro atoms. The van der Waals surface area contributed by atoms with Crippen LogP contribution in [0.5, 0.6) is 0 Å². The molecule has 1 aromatic rings. The summed E-state index contributed by atoms with van der Waals surface area (Å²) in [6.45, 7) is 3.22. The molecule has 5 nitrogen and oxygen atoms in total. The SMILES string of the molecule is Cc1cccc(NC(=O)C(=O)N(C)[C@@H](C)CC#N)c1F. The van der Waals surface area contributed by atoms with Gasteiger partial charge in [0.05, 0.1) is 18.2 Å². The van der Waals surface area contributed by atoms with Crippen molar-refractivity contribution in [3.05, 3.63) is 29.6 Å². The first kappa shape index (κ1) is 15.6. The quantitative estimate of drug-likeness (QED) is 0.857. The van der Waals surface area contributed by atoms with Crippen molar-refractivity contribution in [1.82, 2.24) is 4.90 Å². The number of benzene rings is 1. The first-order chi connectivity index (χ1) is 9.38. The van der Waals surface area contributed by atoms with E-state index in [4.69, 9.17) is 5.26 Å². The van der Waals surface area contributed by atoms with Gasteiger partial charge in [0, 0.05) is 13.1 Å². The van der Waals surface area contributed by atoms with Crippen molar-refractivity contribution in [2.45, 2.75) is 26.3 Å². The largest absolute Gasteiger partial charge is 0.334 e. The van der Waals surface area contributed by atoms with Crippen molar-refractivity contribution in [1.29, 1.82) is 5.26 Å². The number of carbonyl (C=O) groups excluding carboxylic acids is 2. The van der Waals surface area contributed by atoms with Crippen LogP contribution in [-0.4, -0.2) is 29.8 Å². The average molecular weight is 277 g/mol. The van der Waals surface area contributed by atoms with Crippen LogP contribution in [0, 0.1) is 24.1 Å². The van der Waals surface area contributed by atoms with Crippen molar-refractivity contribution in [2.24, 2.45) is 0 Å². The van der Waals surface area contributed by atoms with Crippen molar-refractivity contribution in [3.8, 4) is 6.07 Å². The molecule has 1 N–H and O–H groups in total. The van der Waals surface area contributed by atoms with Gasteiger partial charge in [0.1, 0.15) is 5.82 Å². The summed E-state index contributed by atoms with van der Waals surface area (Å²) in [6.07, 6.45) is 0.119. The number of carbonyl (C=O) groups is 2. The molecule has 0 heterocycles. The Kier molecular flexibility index (Phi) is 5.21. The van der Waals surface area contributed by atoms with Gasteiger partial charge < -0.3 is 10.2 Å². The number of nitriles is 1. The minimum atomic E-state index is -0.929. The second-order valence-corrected chi connectivity index (χ2v) is 4.52. The summed E-state index contributed by atoms with van der Waals surface area (Å²) in [5, 5.41) is 10.8. The second kappa shape index (κ2) is 6.66. The normalized spacial score (nSPS) is 11.3. The van der Waals surface area contributed by atoms with Gasteiger partial charge >= 0.3 is 11.8 Å². The van der Waals surface area contributed by atoms with E-state index in [1.54, 1.807) is 26.0 Å². The molecule has 0 unspecified atom stereocenters. The van der Waals surface area contributed by atoms with E-state index in [9.17, 15) is 14.0 Å². The third-order valence-electron chi connectivity index (χ3n) is 3.00. The molecule has 106 valence electrons. The topological polar surface area (TPSA) is 73.2 Å². The number of anilines is 1. The van der Waals surface area contributed by atoms with Crippen molar-refractivity contribution < 1.29 is 14.0 Å². The van der Waals surface area contributed by atoms with Crippen molar-refractivity contribution in [3.63, 3.8) is 0 Å². The molecule has 1 aromatic carbocycles. The van der Waals surface area contributed by atoms with Crippen LogP contribution in [0.25, 0.3) is 0 Å². The number of nitrogens with one attached hydrogen (secondary N) is 1. The molecule has 0 radical (unpaired) electrons. The Morgan fingerprint density at radius 3 is 2.75 bits per heavy atom. The van der Waals surface area contributed by atoms with Crippen LogP contribution >= 0.6 is 0 Å². The lowest BCUT2D eigenvalue weighted by Gasteiger charge is -2.22. The number of hydrogen-bond acceptors (Lipinski definition) is 3. The molecule has 0 aliphatic carbocycles. The number of hydrogen-bond donors (Lipinski definition) is 1. The molecule has 0 bridgehead atoms. The first-order valence-corrected chi connectivity index (χ1v) is 6.08. The van der Waals surface area contributed by atoms with Crippen LogP contribution in [0.3, 0.4) is 0 Å². The molecule has 0 fully saturated rings. The Morgan fingerprint density at radius 1 is 1.50 bits per heavy atom. The maximum atomic E-state index is 13.7. The molecule has 1 rings (SSSR count). The average Bonchev–Trinajstić information content (AvgIpc) is 2.42. The molecule has 0 aliphatic rings. The van der Waals surface area contributed by atoms with Crippen molar-refractivity contribution >= 4 is 17.5 Å². The molecule has 0 aromatic heterocycles. The summed E-state index contributed by atoms with van der Waals surface area (Å²) < 4.78 is 13.7. The van der Waals surface area contributed by atoms with E-state index < -0.39 is 17.6 Å². The summed E-state index contributed by atoms with van der Waals surface area (Å²) >= 11 is 0. The molecule has 0 saturated carbocycles. The molecular weight excluding hydrogens is 261 g/mol. The third kappa shape index (κ3) is 3.54. The highest BCUT2D eigenvalue weighted by Crippen LogP contribution is 2.17. The summed E-state index contributed by atoms with van der Waals surface area (Å²) in [4.78, 5) is 24.8. The lowest BCUT2D eigenvalue weighted by atomic mass is 10.2. The van der Waals surface area contributed by atoms with Gasteiger partial charge in [-0.2, -0.15) is 5.26 Å². The molecule has 2 amide bonds. The van der Waals surface area contributed by atoms with E-state index >= 15 is 0 Å². The zero-order chi connectivity index (χ0) is 15.3. The fraction of sp³-hybridized carbons (Fsp3) is 0.357. The van der Waals surface area contributed by atoms with Gasteiger partial charge in [-0.15, -0.1) is 0 Å². The van der Waals surface area contributed by atoms with E-state index in [2.05, 4.69) is 5.32 Å². The Morgan fingerprint density at radius 2 is 2.15 bits per heavy atom. The highest BCUT2D eigenvalue weighted by molar-refractivity contribution is 6.39. The maximum absolute atomic E-state index is 13.7. The van der Waals surface area contributed by atoms with Gasteiger partial charge in [0.25, 0.3) is 0 Å². The predicted octanol–water partition coefficient (Wildman–Crippen LogP) is 1.83. The van der Waals surface area contributed by atoms with E-state index in [1.807, 2.05) is 6.07 Å². The molecular formula is C14H16FN3O2. The standard InChI is InChI=1S/C14H16FN3O2/c1-9-5-4-6-11(12(9)15)17-13(19)14(20)18(3)10(2)7-8-16/h4-6,10H,7H2,1-3H3,(H,17,19)/t10-/m0/s1. The Bertz CT molecular complexity index is 566. The van der Waals surface area contributed by atoms with Gasteiger partial charge in [-0.05, 0) is 25.5 Å². The fourth-order valence-corrected chi connectivity index (χ4v) is 1.55. The molecule has 1 atom stereocenters. The zero-order valence-electron chi connectivity index (χ0n) is 11.6. The highest BCUT2D eigenvalue weighted by atomic mass is 19.1. The lowest BCUT2D eigenvalue weighted by molar-refractivity contribution is -0.143. The zero-order valence-corrected chi connectivity index (χ0v) is 11.6. The number of halogens is 1. The van der Waals surface area contributed by atoms with Crippen LogP contribution in [-0.2, 0) is 9.59 Å². The number of nitrogens with zero attached hydrogens (tertiary/aromatic N) is 2. The van der Waals surface area contributed by atoms with Gasteiger partial charge in [-0.3, -0.25) is 9.59 Å². The van der Waals surface area contributed by atoms with Crippen LogP contribution in [0.15, 0.2) is 18.2 Å². The third-order valence-corrected chi connectivity index (χ3v) is 3.00. The van der Waals surface area contributed by atoms with E-state index in [0.29, 0.717) is 5.56 Å². The van der Waals surface area contributed by atoms with Gasteiger partial charge in [0.2, 0.25) is 0 Å². The maximum Gasteiger partial charge on any atom is 0.313 e. The molecule has 20 heavy (non-hydrogen) atoms. The van der Waals surface area contributed by atoms with Crippen molar-refractivity contribution in [2.75, 3.05) is 12.4 Å². The van der Waals surface area contributed by atoms with E-state index in [-0.39, 0.29) is 18.2 Å². The predicted molar refractivity (Wildman–Crippen MR) is 72.2 cm³/mol. The summed E-state index contributed by atoms with van der Waals surface area (Å²) in [5.74, 6) is -2.31. The first-order valence-electron chi connectivity index (χ1n) is 6.08. The minimum absolute atomic E-state index is 0.0373. The molecule has 0 aliphatic heterocycles. The minimum Gasteiger partial charge on any atom is -0.334 e. The van der Waals surface area contributed by atoms with E-state index in [0.717, 1.165) is 4.90 Å². The Hall–Kier alpha value is -2.42. The van der Waals surface area contributed by atoms with Crippen LogP contribution in [0.4, 0.5) is 10.1 Å². The van der Waals surface area contributed by atoms with Gasteiger partial charge in [-0.1, -0.05) is 12.1 Å². The molecule has 6 heteroatoms. The summed E-state index contributed by atoms with van der Waals surface area (Å²) in [6, 6.07) is 6.06. The summed E-state index contributed by atoms with van der Waals surface area (Å²) in [5.41, 5.74) is 0.339. The number of rotatable bonds is 3. The fourth-order valence-electron chi connectivity index (χ4n) is 1.55. The number of likely N-dealkylation sites (N-methyl/N-ethyl adjacent to an activating group) is 1. The van der Waals surface area contributed by atoms with Gasteiger partial charge in [0.15, 0.2) is 0 Å². The van der Waals surface area contributed by atoms with E-state index in [1.165, 1.54) is 13.1 Å². The number of aryl methyl sites for hydroxylation is 1. The van der Waals surface area contributed by atoms with Crippen LogP contribution < -0.4 is 5.32 Å². The van der Waals surface area contributed by atoms with Crippen LogP contribution in [0.1, 0.15) is 18.9 Å². The lowest BCUT2D eigenvalue weighted by Crippen LogP contribution is -2.42. The van der Waals surface area contributed by atoms with Crippen LogP contribution in [0.2, 0.25) is 0 Å². The number of amides is 2. The molecule has 0 saturated heterocycles. The Balaban J connectivity index is 2.79. The van der Waals surface area contributed by atoms with Gasteiger partial charge in [-0.25, -0.2) is 4.39 Å². The monoisotopic (exact) mass is 277 g/mol. The smallest absolute Gasteiger partial charge is 0.313 e. The Labute approximate surface area is 117 Å². The second-order valence-electron chi connectivity index (χ2n) is 4.52.